The Labute approximate surface area is 131 Å². The normalized spacial score (nSPS) is 26.7. The lowest BCUT2D eigenvalue weighted by molar-refractivity contribution is 0.0646. The van der Waals surface area contributed by atoms with E-state index in [4.69, 9.17) is 4.74 Å². The summed E-state index contributed by atoms with van der Waals surface area (Å²) in [7, 11) is 0. The maximum Gasteiger partial charge on any atom is 0.289 e. The summed E-state index contributed by atoms with van der Waals surface area (Å²) in [6, 6.07) is 6.93. The van der Waals surface area contributed by atoms with Gasteiger partial charge in [0.15, 0.2) is 5.82 Å². The van der Waals surface area contributed by atoms with Crippen LogP contribution in [0.4, 0.5) is 0 Å². The largest absolute Gasteiger partial charge is 0.396 e. The van der Waals surface area contributed by atoms with E-state index in [0.717, 1.165) is 0 Å². The molecule has 1 amide bonds. The first-order valence-corrected chi connectivity index (χ1v) is 7.68. The highest BCUT2D eigenvalue weighted by atomic mass is 16.5. The van der Waals surface area contributed by atoms with Crippen LogP contribution in [0.15, 0.2) is 29.1 Å². The molecular weight excluding hydrogens is 298 g/mol. The van der Waals surface area contributed by atoms with Gasteiger partial charge in [0, 0.05) is 31.5 Å². The van der Waals surface area contributed by atoms with Gasteiger partial charge in [-0.3, -0.25) is 9.59 Å². The van der Waals surface area contributed by atoms with Gasteiger partial charge in [-0.05, 0) is 12.1 Å². The van der Waals surface area contributed by atoms with Crippen LogP contribution in [0.5, 0.6) is 0 Å². The number of amides is 1. The van der Waals surface area contributed by atoms with Crippen molar-refractivity contribution in [2.45, 2.75) is 6.10 Å². The van der Waals surface area contributed by atoms with Gasteiger partial charge in [-0.15, -0.1) is 0 Å². The molecule has 4 rings (SSSR count). The van der Waals surface area contributed by atoms with Crippen molar-refractivity contribution in [1.29, 1.82) is 0 Å². The molecule has 0 bridgehead atoms. The first-order valence-electron chi connectivity index (χ1n) is 7.68. The average molecular weight is 315 g/mol. The summed E-state index contributed by atoms with van der Waals surface area (Å²) in [4.78, 5) is 33.2. The van der Waals surface area contributed by atoms with E-state index in [1.165, 1.54) is 0 Å². The van der Waals surface area contributed by atoms with Crippen molar-refractivity contribution in [3.05, 3.63) is 40.4 Å². The number of carbonyl (C=O) groups is 1. The number of para-hydroxylation sites is 1. The van der Waals surface area contributed by atoms with Crippen LogP contribution in [0.2, 0.25) is 0 Å². The molecule has 7 nitrogen and oxygen atoms in total. The molecule has 0 saturated carbocycles. The second-order valence-electron chi connectivity index (χ2n) is 6.12. The van der Waals surface area contributed by atoms with Crippen LogP contribution in [0.1, 0.15) is 10.6 Å². The van der Waals surface area contributed by atoms with E-state index in [1.54, 1.807) is 29.2 Å². The summed E-state index contributed by atoms with van der Waals surface area (Å²) in [6.07, 6.45) is -0.0386. The maximum atomic E-state index is 12.6. The quantitative estimate of drug-likeness (QED) is 0.813. The smallest absolute Gasteiger partial charge is 0.289 e. The molecule has 1 aromatic heterocycles. The summed E-state index contributed by atoms with van der Waals surface area (Å²) in [5, 5.41) is 9.83. The zero-order valence-corrected chi connectivity index (χ0v) is 12.4. The minimum Gasteiger partial charge on any atom is -0.396 e. The fourth-order valence-corrected chi connectivity index (χ4v) is 3.49. The molecule has 2 aliphatic heterocycles. The predicted octanol–water partition coefficient (Wildman–Crippen LogP) is 0.00240. The Bertz CT molecular complexity index is 818. The Morgan fingerprint density at radius 2 is 2.22 bits per heavy atom. The summed E-state index contributed by atoms with van der Waals surface area (Å²) in [6.45, 7) is 1.59. The highest BCUT2D eigenvalue weighted by Crippen LogP contribution is 2.33. The molecule has 2 fully saturated rings. The predicted molar refractivity (Wildman–Crippen MR) is 82.1 cm³/mol. The first-order chi connectivity index (χ1) is 11.2. The Morgan fingerprint density at radius 3 is 3.04 bits per heavy atom. The summed E-state index contributed by atoms with van der Waals surface area (Å²) < 4.78 is 5.64. The van der Waals surface area contributed by atoms with E-state index < -0.39 is 0 Å². The number of carbonyl (C=O) groups excluding carboxylic acids is 1. The highest BCUT2D eigenvalue weighted by molar-refractivity contribution is 5.92. The van der Waals surface area contributed by atoms with Crippen LogP contribution in [-0.2, 0) is 4.74 Å². The molecule has 3 heterocycles. The van der Waals surface area contributed by atoms with Crippen molar-refractivity contribution in [2.24, 2.45) is 11.8 Å². The van der Waals surface area contributed by atoms with Crippen LogP contribution in [0.25, 0.3) is 10.9 Å². The summed E-state index contributed by atoms with van der Waals surface area (Å²) in [5.74, 6) is -0.0331. The van der Waals surface area contributed by atoms with Gasteiger partial charge in [-0.1, -0.05) is 12.1 Å². The molecule has 120 valence electrons. The van der Waals surface area contributed by atoms with E-state index in [0.29, 0.717) is 30.6 Å². The summed E-state index contributed by atoms with van der Waals surface area (Å²) >= 11 is 0. The van der Waals surface area contributed by atoms with Gasteiger partial charge in [-0.2, -0.15) is 0 Å². The molecule has 2 aliphatic rings. The van der Waals surface area contributed by atoms with Gasteiger partial charge in [0.25, 0.3) is 11.5 Å². The molecule has 7 heteroatoms. The van der Waals surface area contributed by atoms with Gasteiger partial charge in [0.1, 0.15) is 0 Å². The van der Waals surface area contributed by atoms with E-state index >= 15 is 0 Å². The molecule has 3 atom stereocenters. The second kappa shape index (κ2) is 5.43. The van der Waals surface area contributed by atoms with E-state index in [-0.39, 0.29) is 41.8 Å². The fourth-order valence-electron chi connectivity index (χ4n) is 3.49. The van der Waals surface area contributed by atoms with Crippen molar-refractivity contribution in [3.8, 4) is 0 Å². The van der Waals surface area contributed by atoms with Crippen molar-refractivity contribution < 1.29 is 14.6 Å². The lowest BCUT2D eigenvalue weighted by Crippen LogP contribution is -2.34. The van der Waals surface area contributed by atoms with Crippen LogP contribution in [0.3, 0.4) is 0 Å². The molecule has 0 spiro atoms. The third-order valence-corrected chi connectivity index (χ3v) is 4.78. The number of benzene rings is 1. The molecule has 2 saturated heterocycles. The van der Waals surface area contributed by atoms with E-state index in [2.05, 4.69) is 9.97 Å². The maximum absolute atomic E-state index is 12.6. The number of aliphatic hydroxyl groups excluding tert-OH is 1. The number of ether oxygens (including phenoxy) is 1. The zero-order valence-electron chi connectivity index (χ0n) is 12.4. The van der Waals surface area contributed by atoms with Gasteiger partial charge in [-0.25, -0.2) is 4.98 Å². The molecule has 2 N–H and O–H groups in total. The number of aromatic nitrogens is 2. The van der Waals surface area contributed by atoms with Gasteiger partial charge >= 0.3 is 0 Å². The van der Waals surface area contributed by atoms with Crippen LogP contribution < -0.4 is 5.56 Å². The number of likely N-dealkylation sites (tertiary alicyclic amines) is 1. The van der Waals surface area contributed by atoms with Crippen LogP contribution in [-0.4, -0.2) is 58.3 Å². The zero-order chi connectivity index (χ0) is 16.0. The van der Waals surface area contributed by atoms with Crippen LogP contribution >= 0.6 is 0 Å². The number of hydrogen-bond acceptors (Lipinski definition) is 5. The lowest BCUT2D eigenvalue weighted by Gasteiger charge is -2.18. The van der Waals surface area contributed by atoms with Crippen molar-refractivity contribution in [2.75, 3.05) is 26.3 Å². The molecular formula is C16H17N3O4. The van der Waals surface area contributed by atoms with Gasteiger partial charge in [0.2, 0.25) is 0 Å². The Morgan fingerprint density at radius 1 is 1.39 bits per heavy atom. The van der Waals surface area contributed by atoms with Crippen molar-refractivity contribution >= 4 is 16.8 Å². The van der Waals surface area contributed by atoms with E-state index in [9.17, 15) is 14.7 Å². The number of aliphatic hydroxyl groups is 1. The molecule has 2 aromatic rings. The number of aromatic amines is 1. The molecule has 0 aliphatic carbocycles. The number of hydrogen-bond donors (Lipinski definition) is 2. The second-order valence-corrected chi connectivity index (χ2v) is 6.12. The van der Waals surface area contributed by atoms with Gasteiger partial charge in [0.05, 0.1) is 23.6 Å². The number of nitrogens with one attached hydrogen (secondary N) is 1. The third-order valence-electron chi connectivity index (χ3n) is 4.78. The van der Waals surface area contributed by atoms with Crippen LogP contribution in [0, 0.1) is 11.8 Å². The SMILES string of the molecule is O=C(c1nc2ccccc2c(=O)[nH]1)N1C[C@@H]2[C@H](CO)CO[C@@H]2C1. The fraction of sp³-hybridized carbons (Fsp3) is 0.438. The monoisotopic (exact) mass is 315 g/mol. The Hall–Kier alpha value is -2.25. The lowest BCUT2D eigenvalue weighted by atomic mass is 9.94. The third kappa shape index (κ3) is 2.32. The molecule has 1 aromatic carbocycles. The van der Waals surface area contributed by atoms with Gasteiger partial charge < -0.3 is 19.7 Å². The highest BCUT2D eigenvalue weighted by Gasteiger charge is 2.45. The number of nitrogens with zero attached hydrogens (tertiary/aromatic N) is 2. The Balaban J connectivity index is 1.62. The first kappa shape index (κ1) is 14.3. The van der Waals surface area contributed by atoms with Crippen molar-refractivity contribution in [1.82, 2.24) is 14.9 Å². The van der Waals surface area contributed by atoms with E-state index in [1.807, 2.05) is 0 Å². The molecule has 0 radical (unpaired) electrons. The molecule has 0 unspecified atom stereocenters. The van der Waals surface area contributed by atoms with Crippen molar-refractivity contribution in [3.63, 3.8) is 0 Å². The number of rotatable bonds is 2. The topological polar surface area (TPSA) is 95.5 Å². The average Bonchev–Trinajstić information content (AvgIpc) is 3.14. The molecule has 23 heavy (non-hydrogen) atoms. The number of H-pyrrole nitrogens is 1. The Kier molecular flexibility index (Phi) is 3.39. The standard InChI is InChI=1S/C16H17N3O4/c20-7-9-8-23-13-6-19(5-11(9)13)16(22)14-17-12-4-2-1-3-10(12)15(21)18-14/h1-4,9,11,13,20H,5-8H2,(H,17,18,21)/t9-,11-,13-/m1/s1. The summed E-state index contributed by atoms with van der Waals surface area (Å²) in [5.41, 5.74) is 0.186. The number of fused-ring (bicyclic) bond motifs is 2. The minimum atomic E-state index is -0.317. The minimum absolute atomic E-state index is 0.0386.